The number of carbonyl (C=O) groups is 1. The number of pyridine rings is 1. The van der Waals surface area contributed by atoms with Gasteiger partial charge in [-0.05, 0) is 53.8 Å². The van der Waals surface area contributed by atoms with Crippen molar-refractivity contribution in [2.24, 2.45) is 0 Å². The Balaban J connectivity index is 1.89. The number of benzene rings is 2. The van der Waals surface area contributed by atoms with Crippen molar-refractivity contribution in [2.75, 3.05) is 0 Å². The predicted octanol–water partition coefficient (Wildman–Crippen LogP) is 5.26. The molecule has 1 aromatic heterocycles. The number of aromatic nitrogens is 1. The van der Waals surface area contributed by atoms with Crippen molar-refractivity contribution in [3.63, 3.8) is 0 Å². The lowest BCUT2D eigenvalue weighted by Gasteiger charge is -2.37. The van der Waals surface area contributed by atoms with E-state index in [4.69, 9.17) is 0 Å². The van der Waals surface area contributed by atoms with Gasteiger partial charge in [0.1, 0.15) is 5.82 Å². The second kappa shape index (κ2) is 9.93. The number of amides is 2. The molecule has 1 unspecified atom stereocenters. The number of halogens is 4. The van der Waals surface area contributed by atoms with Gasteiger partial charge >= 0.3 is 12.2 Å². The van der Waals surface area contributed by atoms with Crippen LogP contribution in [0.1, 0.15) is 47.9 Å². The average molecular weight is 487 g/mol. The molecule has 1 saturated carbocycles. The van der Waals surface area contributed by atoms with Gasteiger partial charge in [-0.25, -0.2) is 9.18 Å². The largest absolute Gasteiger partial charge is 0.416 e. The van der Waals surface area contributed by atoms with Crippen molar-refractivity contribution >= 4 is 6.03 Å². The molecule has 3 aromatic rings. The van der Waals surface area contributed by atoms with Gasteiger partial charge in [-0.15, -0.1) is 0 Å². The summed E-state index contributed by atoms with van der Waals surface area (Å²) in [6.45, 7) is 0. The molecular formula is C26H25F4N3O2. The number of aromatic amines is 1. The summed E-state index contributed by atoms with van der Waals surface area (Å²) < 4.78 is 55.5. The Bertz CT molecular complexity index is 1220. The van der Waals surface area contributed by atoms with Crippen LogP contribution < -0.4 is 16.2 Å². The smallest absolute Gasteiger partial charge is 0.335 e. The summed E-state index contributed by atoms with van der Waals surface area (Å²) in [6, 6.07) is 13.1. The molecule has 2 aromatic carbocycles. The lowest BCUT2D eigenvalue weighted by Crippen LogP contribution is -2.54. The van der Waals surface area contributed by atoms with Crippen LogP contribution in [-0.2, 0) is 18.1 Å². The molecule has 0 aliphatic heterocycles. The molecule has 0 bridgehead atoms. The van der Waals surface area contributed by atoms with E-state index in [9.17, 15) is 27.2 Å². The van der Waals surface area contributed by atoms with Crippen molar-refractivity contribution < 1.29 is 22.4 Å². The summed E-state index contributed by atoms with van der Waals surface area (Å²) in [7, 11) is 0. The normalized spacial score (nSPS) is 16.0. The predicted molar refractivity (Wildman–Crippen MR) is 123 cm³/mol. The first kappa shape index (κ1) is 24.5. The van der Waals surface area contributed by atoms with Crippen molar-refractivity contribution in [1.82, 2.24) is 15.6 Å². The molecule has 35 heavy (non-hydrogen) atoms. The highest BCUT2D eigenvalue weighted by atomic mass is 19.4. The number of H-pyrrole nitrogens is 1. The summed E-state index contributed by atoms with van der Waals surface area (Å²) in [6.07, 6.45) is 0.0914. The van der Waals surface area contributed by atoms with Gasteiger partial charge in [0.25, 0.3) is 0 Å². The van der Waals surface area contributed by atoms with Crippen molar-refractivity contribution in [3.05, 3.63) is 105 Å². The van der Waals surface area contributed by atoms with E-state index in [1.807, 2.05) is 0 Å². The quantitative estimate of drug-likeness (QED) is 0.415. The van der Waals surface area contributed by atoms with E-state index in [1.165, 1.54) is 18.3 Å². The van der Waals surface area contributed by atoms with E-state index < -0.39 is 34.7 Å². The Kier molecular flexibility index (Phi) is 6.95. The number of hydrogen-bond donors (Lipinski definition) is 3. The first-order valence-electron chi connectivity index (χ1n) is 11.4. The molecule has 0 radical (unpaired) electrons. The molecule has 1 atom stereocenters. The summed E-state index contributed by atoms with van der Waals surface area (Å²) in [5, 5.41) is 5.75. The molecule has 1 fully saturated rings. The highest BCUT2D eigenvalue weighted by Crippen LogP contribution is 2.38. The number of carbonyl (C=O) groups excluding carboxylic acids is 1. The molecule has 1 aliphatic rings. The van der Waals surface area contributed by atoms with Crippen molar-refractivity contribution in [2.45, 2.75) is 49.9 Å². The lowest BCUT2D eigenvalue weighted by atomic mass is 9.78. The fourth-order valence-electron chi connectivity index (χ4n) is 4.62. The van der Waals surface area contributed by atoms with Gasteiger partial charge in [0.15, 0.2) is 0 Å². The Morgan fingerprint density at radius 2 is 1.63 bits per heavy atom. The van der Waals surface area contributed by atoms with Crippen LogP contribution in [0.25, 0.3) is 0 Å². The fourth-order valence-corrected chi connectivity index (χ4v) is 4.62. The number of rotatable bonds is 6. The minimum atomic E-state index is -4.80. The van der Waals surface area contributed by atoms with Crippen LogP contribution in [0, 0.1) is 5.82 Å². The highest BCUT2D eigenvalue weighted by Gasteiger charge is 2.40. The fraction of sp³-hybridized carbons (Fsp3) is 0.308. The van der Waals surface area contributed by atoms with E-state index in [-0.39, 0.29) is 18.0 Å². The third-order valence-electron chi connectivity index (χ3n) is 6.32. The lowest BCUT2D eigenvalue weighted by molar-refractivity contribution is -0.137. The van der Waals surface area contributed by atoms with Crippen LogP contribution in [0.15, 0.2) is 71.7 Å². The Morgan fingerprint density at radius 1 is 0.943 bits per heavy atom. The molecular weight excluding hydrogens is 462 g/mol. The number of nitrogens with one attached hydrogen (secondary N) is 3. The second-order valence-corrected chi connectivity index (χ2v) is 8.82. The number of urea groups is 1. The van der Waals surface area contributed by atoms with Crippen LogP contribution in [0.3, 0.4) is 0 Å². The Morgan fingerprint density at radius 3 is 2.26 bits per heavy atom. The van der Waals surface area contributed by atoms with E-state index in [0.717, 1.165) is 37.8 Å². The Hall–Kier alpha value is -3.62. The summed E-state index contributed by atoms with van der Waals surface area (Å²) in [5.41, 5.74) is -2.31. The van der Waals surface area contributed by atoms with Gasteiger partial charge in [-0.1, -0.05) is 43.2 Å². The number of hydrogen-bond acceptors (Lipinski definition) is 2. The molecule has 2 amide bonds. The maximum atomic E-state index is 14.6. The topological polar surface area (TPSA) is 74.0 Å². The van der Waals surface area contributed by atoms with E-state index in [1.54, 1.807) is 30.3 Å². The van der Waals surface area contributed by atoms with Crippen LogP contribution in [-0.4, -0.2) is 17.1 Å². The zero-order chi connectivity index (χ0) is 25.1. The summed E-state index contributed by atoms with van der Waals surface area (Å²) >= 11 is 0. The maximum Gasteiger partial charge on any atom is 0.416 e. The van der Waals surface area contributed by atoms with Crippen LogP contribution in [0.5, 0.6) is 0 Å². The van der Waals surface area contributed by atoms with Crippen LogP contribution in [0.2, 0.25) is 0 Å². The molecule has 0 saturated heterocycles. The van der Waals surface area contributed by atoms with Crippen LogP contribution >= 0.6 is 0 Å². The second-order valence-electron chi connectivity index (χ2n) is 8.82. The highest BCUT2D eigenvalue weighted by molar-refractivity contribution is 5.76. The summed E-state index contributed by atoms with van der Waals surface area (Å²) in [4.78, 5) is 27.5. The molecule has 1 heterocycles. The summed E-state index contributed by atoms with van der Waals surface area (Å²) in [5.74, 6) is -1.09. The van der Waals surface area contributed by atoms with Gasteiger partial charge in [-0.3, -0.25) is 4.79 Å². The van der Waals surface area contributed by atoms with Gasteiger partial charge in [0.05, 0.1) is 11.1 Å². The third-order valence-corrected chi connectivity index (χ3v) is 6.32. The molecule has 184 valence electrons. The van der Waals surface area contributed by atoms with Crippen molar-refractivity contribution in [3.8, 4) is 0 Å². The third kappa shape index (κ3) is 5.72. The van der Waals surface area contributed by atoms with E-state index >= 15 is 0 Å². The number of alkyl halides is 3. The van der Waals surface area contributed by atoms with E-state index in [0.29, 0.717) is 17.2 Å². The molecule has 1 aliphatic carbocycles. The molecule has 3 N–H and O–H groups in total. The standard InChI is InChI=1S/C26H25F4N3O2/c27-21-13-19(12-20(14-21)26(28,29)30)25(15-17-6-2-1-3-7-17,18-10-11-23(34)31-16-18)33-24(35)32-22-8-4-5-9-22/h1-3,6-7,10-14,16,22H,4-5,8-9,15H2,(H,31,34)(H2,32,33,35). The molecule has 4 rings (SSSR count). The van der Waals surface area contributed by atoms with E-state index in [2.05, 4.69) is 15.6 Å². The van der Waals surface area contributed by atoms with Crippen molar-refractivity contribution in [1.29, 1.82) is 0 Å². The molecule has 5 nitrogen and oxygen atoms in total. The molecule has 0 spiro atoms. The zero-order valence-corrected chi connectivity index (χ0v) is 18.8. The Labute approximate surface area is 199 Å². The van der Waals surface area contributed by atoms with Gasteiger partial charge in [0, 0.05) is 24.7 Å². The average Bonchev–Trinajstić information content (AvgIpc) is 3.31. The van der Waals surface area contributed by atoms with Crippen LogP contribution in [0.4, 0.5) is 22.4 Å². The first-order valence-corrected chi connectivity index (χ1v) is 11.4. The maximum absolute atomic E-state index is 14.6. The minimum Gasteiger partial charge on any atom is -0.335 e. The first-order chi connectivity index (χ1) is 16.7. The molecule has 9 heteroatoms. The zero-order valence-electron chi connectivity index (χ0n) is 18.8. The van der Waals surface area contributed by atoms with Gasteiger partial charge in [0.2, 0.25) is 5.56 Å². The van der Waals surface area contributed by atoms with Gasteiger partial charge in [-0.2, -0.15) is 13.2 Å². The SMILES string of the molecule is O=C(NC1CCCC1)NC(Cc1ccccc1)(c1ccc(=O)[nH]c1)c1cc(F)cc(C(F)(F)F)c1. The van der Waals surface area contributed by atoms with Gasteiger partial charge < -0.3 is 15.6 Å². The minimum absolute atomic E-state index is 0.0126. The monoisotopic (exact) mass is 487 g/mol.